The minimum Gasteiger partial charge on any atom is -0.462 e. The van der Waals surface area contributed by atoms with Gasteiger partial charge in [0.1, 0.15) is 11.9 Å². The third kappa shape index (κ3) is 2.97. The predicted molar refractivity (Wildman–Crippen MR) is 124 cm³/mol. The molecule has 0 amide bonds. The molecule has 3 heteroatoms. The predicted octanol–water partition coefficient (Wildman–Crippen LogP) is 6.60. The van der Waals surface area contributed by atoms with Gasteiger partial charge in [-0.1, -0.05) is 47.6 Å². The van der Waals surface area contributed by atoms with E-state index in [2.05, 4.69) is 54.2 Å². The number of carbonyl (C=O) groups excluding carboxylic acids is 2. The largest absolute Gasteiger partial charge is 0.462 e. The van der Waals surface area contributed by atoms with E-state index in [1.807, 2.05) is 0 Å². The molecule has 0 aliphatic heterocycles. The second-order valence-electron chi connectivity index (χ2n) is 12.9. The molecule has 0 N–H and O–H groups in total. The Labute approximate surface area is 189 Å². The van der Waals surface area contributed by atoms with Gasteiger partial charge in [0.15, 0.2) is 0 Å². The minimum absolute atomic E-state index is 0.00658. The summed E-state index contributed by atoms with van der Waals surface area (Å²) >= 11 is 0. The minimum atomic E-state index is -0.180. The molecule has 4 aliphatic rings. The molecule has 0 aromatic carbocycles. The van der Waals surface area contributed by atoms with Crippen LogP contribution in [0.1, 0.15) is 93.4 Å². The van der Waals surface area contributed by atoms with Crippen LogP contribution >= 0.6 is 0 Å². The molecule has 3 nitrogen and oxygen atoms in total. The zero-order valence-corrected chi connectivity index (χ0v) is 20.9. The summed E-state index contributed by atoms with van der Waals surface area (Å²) in [6.07, 6.45) is 9.39. The Morgan fingerprint density at radius 2 is 1.74 bits per heavy atom. The smallest absolute Gasteiger partial charge is 0.302 e. The summed E-state index contributed by atoms with van der Waals surface area (Å²) in [5.41, 5.74) is 0.207. The molecule has 4 rings (SSSR count). The van der Waals surface area contributed by atoms with Crippen molar-refractivity contribution in [1.82, 2.24) is 0 Å². The van der Waals surface area contributed by atoms with Crippen LogP contribution in [0.3, 0.4) is 0 Å². The number of hydrogen-bond donors (Lipinski definition) is 0. The summed E-state index contributed by atoms with van der Waals surface area (Å²) in [7, 11) is 0. The van der Waals surface area contributed by atoms with Gasteiger partial charge >= 0.3 is 5.97 Å². The van der Waals surface area contributed by atoms with E-state index in [-0.39, 0.29) is 39.7 Å². The zero-order chi connectivity index (χ0) is 23.0. The number of Topliss-reactive ketones (excluding diaryl/α,β-unsaturated/α-hetero) is 1. The molecule has 0 radical (unpaired) electrons. The number of fused-ring (bicyclic) bond motifs is 5. The van der Waals surface area contributed by atoms with Crippen LogP contribution < -0.4 is 0 Å². The molecule has 0 heterocycles. The molecule has 4 saturated carbocycles. The summed E-state index contributed by atoms with van der Waals surface area (Å²) in [4.78, 5) is 25.7. The fourth-order valence-electron chi connectivity index (χ4n) is 9.70. The SMILES string of the molecule is C=CC(C)[C@H]1CC[C@@]2(C)[C@@H]3CC[C@H]4C(C)(C)C(OC(C)=O)CC[C@]4(C)C3C(=O)C[C@]12C. The fourth-order valence-corrected chi connectivity index (χ4v) is 9.70. The van der Waals surface area contributed by atoms with Gasteiger partial charge in [-0.05, 0) is 78.4 Å². The molecule has 0 aromatic rings. The standard InChI is InChI=1S/C28H44O3/c1-9-17(2)19-12-15-27(7)20-10-11-22-25(4,5)23(31-18(3)29)13-14-26(22,6)24(20)21(30)16-28(19,27)8/h9,17,19-20,22-24H,1,10-16H2,2-8H3/t17?,19-,20-,22+,23?,24?,26+,27+,28-/m1/s1. The highest BCUT2D eigenvalue weighted by Crippen LogP contribution is 2.73. The Morgan fingerprint density at radius 3 is 2.35 bits per heavy atom. The summed E-state index contributed by atoms with van der Waals surface area (Å²) < 4.78 is 5.79. The molecule has 0 spiro atoms. The van der Waals surface area contributed by atoms with Crippen LogP contribution in [0.5, 0.6) is 0 Å². The van der Waals surface area contributed by atoms with E-state index in [0.717, 1.165) is 32.1 Å². The Balaban J connectivity index is 1.71. The second-order valence-corrected chi connectivity index (χ2v) is 12.9. The topological polar surface area (TPSA) is 43.4 Å². The summed E-state index contributed by atoms with van der Waals surface area (Å²) in [5.74, 6) is 2.40. The first-order valence-electron chi connectivity index (χ1n) is 12.7. The maximum Gasteiger partial charge on any atom is 0.302 e. The number of allylic oxidation sites excluding steroid dienone is 1. The van der Waals surface area contributed by atoms with Gasteiger partial charge in [-0.15, -0.1) is 6.58 Å². The number of ketones is 1. The fraction of sp³-hybridized carbons (Fsp3) is 0.857. The highest BCUT2D eigenvalue weighted by molar-refractivity contribution is 5.84. The molecular weight excluding hydrogens is 384 g/mol. The van der Waals surface area contributed by atoms with E-state index >= 15 is 0 Å². The number of hydrogen-bond acceptors (Lipinski definition) is 3. The van der Waals surface area contributed by atoms with Crippen molar-refractivity contribution >= 4 is 11.8 Å². The van der Waals surface area contributed by atoms with E-state index < -0.39 is 0 Å². The first-order chi connectivity index (χ1) is 14.3. The van der Waals surface area contributed by atoms with Crippen molar-refractivity contribution in [2.75, 3.05) is 0 Å². The number of esters is 1. The zero-order valence-electron chi connectivity index (χ0n) is 20.9. The van der Waals surface area contributed by atoms with Crippen LogP contribution in [0.4, 0.5) is 0 Å². The molecule has 0 saturated heterocycles. The monoisotopic (exact) mass is 428 g/mol. The van der Waals surface area contributed by atoms with Crippen molar-refractivity contribution in [3.05, 3.63) is 12.7 Å². The Hall–Kier alpha value is -1.12. The van der Waals surface area contributed by atoms with Crippen molar-refractivity contribution in [2.45, 2.75) is 99.5 Å². The van der Waals surface area contributed by atoms with Gasteiger partial charge < -0.3 is 4.74 Å². The van der Waals surface area contributed by atoms with E-state index in [0.29, 0.717) is 29.5 Å². The van der Waals surface area contributed by atoms with Gasteiger partial charge in [0.05, 0.1) is 0 Å². The summed E-state index contributed by atoms with van der Waals surface area (Å²) in [5, 5.41) is 0. The van der Waals surface area contributed by atoms with Crippen molar-refractivity contribution < 1.29 is 14.3 Å². The lowest BCUT2D eigenvalue weighted by atomic mass is 9.37. The van der Waals surface area contributed by atoms with Gasteiger partial charge in [-0.25, -0.2) is 0 Å². The first-order valence-corrected chi connectivity index (χ1v) is 12.7. The van der Waals surface area contributed by atoms with Crippen LogP contribution in [0.25, 0.3) is 0 Å². The molecule has 4 aliphatic carbocycles. The molecular formula is C28H44O3. The van der Waals surface area contributed by atoms with Gasteiger partial charge in [0.25, 0.3) is 0 Å². The van der Waals surface area contributed by atoms with E-state index in [1.54, 1.807) is 0 Å². The van der Waals surface area contributed by atoms with Crippen LogP contribution in [-0.4, -0.2) is 17.9 Å². The Bertz CT molecular complexity index is 783. The molecule has 31 heavy (non-hydrogen) atoms. The maximum atomic E-state index is 14.0. The average Bonchev–Trinajstić information content (AvgIpc) is 2.94. The Kier molecular flexibility index (Phi) is 5.35. The van der Waals surface area contributed by atoms with Crippen molar-refractivity contribution in [3.8, 4) is 0 Å². The van der Waals surface area contributed by atoms with Crippen LogP contribution in [0, 0.1) is 51.2 Å². The maximum absolute atomic E-state index is 14.0. The highest BCUT2D eigenvalue weighted by atomic mass is 16.5. The normalized spacial score (nSPS) is 49.4. The van der Waals surface area contributed by atoms with Crippen LogP contribution in [0.2, 0.25) is 0 Å². The highest BCUT2D eigenvalue weighted by Gasteiger charge is 2.70. The van der Waals surface area contributed by atoms with Crippen molar-refractivity contribution in [3.63, 3.8) is 0 Å². The van der Waals surface area contributed by atoms with Gasteiger partial charge in [0.2, 0.25) is 0 Å². The van der Waals surface area contributed by atoms with Crippen molar-refractivity contribution in [2.24, 2.45) is 51.2 Å². The van der Waals surface area contributed by atoms with Gasteiger partial charge in [-0.2, -0.15) is 0 Å². The summed E-state index contributed by atoms with van der Waals surface area (Å²) in [6.45, 7) is 19.8. The lowest BCUT2D eigenvalue weighted by molar-refractivity contribution is -0.207. The third-order valence-corrected chi connectivity index (χ3v) is 11.5. The third-order valence-electron chi connectivity index (χ3n) is 11.5. The van der Waals surface area contributed by atoms with Gasteiger partial charge in [0, 0.05) is 24.7 Å². The number of rotatable bonds is 3. The van der Waals surface area contributed by atoms with Crippen LogP contribution in [0.15, 0.2) is 12.7 Å². The lowest BCUT2D eigenvalue weighted by Crippen LogP contribution is -2.64. The van der Waals surface area contributed by atoms with Crippen molar-refractivity contribution in [1.29, 1.82) is 0 Å². The van der Waals surface area contributed by atoms with Gasteiger partial charge in [-0.3, -0.25) is 9.59 Å². The van der Waals surface area contributed by atoms with E-state index in [1.165, 1.54) is 19.8 Å². The van der Waals surface area contributed by atoms with E-state index in [9.17, 15) is 9.59 Å². The van der Waals surface area contributed by atoms with Crippen LogP contribution in [-0.2, 0) is 14.3 Å². The molecule has 0 aromatic heterocycles. The molecule has 174 valence electrons. The average molecular weight is 429 g/mol. The Morgan fingerprint density at radius 1 is 1.06 bits per heavy atom. The first kappa shape index (κ1) is 23.1. The number of carbonyl (C=O) groups is 2. The lowest BCUT2D eigenvalue weighted by Gasteiger charge is -2.66. The van der Waals surface area contributed by atoms with E-state index in [4.69, 9.17) is 4.74 Å². The molecule has 4 fully saturated rings. The quantitative estimate of drug-likeness (QED) is 0.375. The molecule has 9 atom stereocenters. The summed E-state index contributed by atoms with van der Waals surface area (Å²) in [6, 6.07) is 0. The second kappa shape index (κ2) is 7.19. The number of ether oxygens (including phenoxy) is 1. The molecule has 0 bridgehead atoms. The molecule has 3 unspecified atom stereocenters.